The van der Waals surface area contributed by atoms with Gasteiger partial charge in [-0.2, -0.15) is 0 Å². The van der Waals surface area contributed by atoms with Crippen LogP contribution in [0.1, 0.15) is 5.69 Å². The summed E-state index contributed by atoms with van der Waals surface area (Å²) in [6, 6.07) is 5.69. The lowest BCUT2D eigenvalue weighted by Crippen LogP contribution is -1.93. The minimum Gasteiger partial charge on any atom is -0.454 e. The fraction of sp³-hybridized carbons (Fsp3) is 0.250. The molecule has 1 N–H and O–H groups in total. The van der Waals surface area contributed by atoms with Crippen molar-refractivity contribution in [3.05, 3.63) is 30.1 Å². The lowest BCUT2D eigenvalue weighted by molar-refractivity contribution is 0.174. The zero-order valence-electron chi connectivity index (χ0n) is 9.38. The van der Waals surface area contributed by atoms with Gasteiger partial charge in [0.05, 0.1) is 12.3 Å². The van der Waals surface area contributed by atoms with E-state index in [-0.39, 0.29) is 13.4 Å². The molecule has 0 aliphatic carbocycles. The van der Waals surface area contributed by atoms with Crippen molar-refractivity contribution in [3.63, 3.8) is 0 Å². The van der Waals surface area contributed by atoms with Crippen LogP contribution in [0.2, 0.25) is 0 Å². The largest absolute Gasteiger partial charge is 0.454 e. The van der Waals surface area contributed by atoms with Crippen LogP contribution < -0.4 is 9.47 Å². The summed E-state index contributed by atoms with van der Waals surface area (Å²) in [7, 11) is 1.89. The molecule has 0 saturated heterocycles. The number of hydrogen-bond acceptors (Lipinski definition) is 4. The molecule has 0 bridgehead atoms. The highest BCUT2D eigenvalue weighted by Gasteiger charge is 2.15. The van der Waals surface area contributed by atoms with E-state index < -0.39 is 0 Å². The van der Waals surface area contributed by atoms with E-state index in [0.717, 1.165) is 22.9 Å². The number of aliphatic hydroxyl groups excluding tert-OH is 1. The van der Waals surface area contributed by atoms with Gasteiger partial charge >= 0.3 is 0 Å². The smallest absolute Gasteiger partial charge is 0.231 e. The van der Waals surface area contributed by atoms with E-state index in [0.29, 0.717) is 5.69 Å². The second-order valence-electron chi connectivity index (χ2n) is 3.89. The Balaban J connectivity index is 2.06. The van der Waals surface area contributed by atoms with E-state index in [4.69, 9.17) is 14.6 Å². The first kappa shape index (κ1) is 10.2. The summed E-state index contributed by atoms with van der Waals surface area (Å²) < 4.78 is 12.5. The molecule has 0 spiro atoms. The van der Waals surface area contributed by atoms with Crippen molar-refractivity contribution in [2.24, 2.45) is 7.05 Å². The number of aryl methyl sites for hydroxylation is 1. The Morgan fingerprint density at radius 1 is 1.35 bits per heavy atom. The molecule has 5 nitrogen and oxygen atoms in total. The van der Waals surface area contributed by atoms with E-state index in [9.17, 15) is 0 Å². The van der Waals surface area contributed by atoms with Crippen molar-refractivity contribution in [1.82, 2.24) is 9.55 Å². The number of aliphatic hydroxyl groups is 1. The topological polar surface area (TPSA) is 56.5 Å². The molecule has 1 aromatic heterocycles. The van der Waals surface area contributed by atoms with Gasteiger partial charge in [0.25, 0.3) is 0 Å². The number of aromatic nitrogens is 2. The summed E-state index contributed by atoms with van der Waals surface area (Å²) in [6.07, 6.45) is 1.81. The van der Waals surface area contributed by atoms with Crippen LogP contribution in [-0.4, -0.2) is 21.5 Å². The van der Waals surface area contributed by atoms with E-state index in [2.05, 4.69) is 4.98 Å². The number of nitrogens with zero attached hydrogens (tertiary/aromatic N) is 2. The van der Waals surface area contributed by atoms with Gasteiger partial charge < -0.3 is 19.1 Å². The first-order valence-electron chi connectivity index (χ1n) is 5.31. The quantitative estimate of drug-likeness (QED) is 0.848. The van der Waals surface area contributed by atoms with E-state index >= 15 is 0 Å². The number of rotatable bonds is 2. The average Bonchev–Trinajstić information content (AvgIpc) is 2.93. The van der Waals surface area contributed by atoms with Crippen LogP contribution in [0, 0.1) is 0 Å². The standard InChI is InChI=1S/C12H12N2O3/c1-14-5-9(6-15)13-12(14)8-2-3-10-11(4-8)17-7-16-10/h2-5,15H,6-7H2,1H3. The normalized spacial score (nSPS) is 13.1. The van der Waals surface area contributed by atoms with Crippen LogP contribution in [0.3, 0.4) is 0 Å². The molecular formula is C12H12N2O3. The summed E-state index contributed by atoms with van der Waals surface area (Å²) in [5.74, 6) is 2.29. The second-order valence-corrected chi connectivity index (χ2v) is 3.89. The maximum absolute atomic E-state index is 9.06. The molecule has 0 saturated carbocycles. The van der Waals surface area contributed by atoms with Crippen molar-refractivity contribution in [2.45, 2.75) is 6.61 Å². The van der Waals surface area contributed by atoms with Gasteiger partial charge in [-0.05, 0) is 18.2 Å². The number of fused-ring (bicyclic) bond motifs is 1. The maximum Gasteiger partial charge on any atom is 0.231 e. The molecule has 1 aliphatic heterocycles. The van der Waals surface area contributed by atoms with Gasteiger partial charge in [-0.1, -0.05) is 0 Å². The number of hydrogen-bond donors (Lipinski definition) is 1. The van der Waals surface area contributed by atoms with Crippen molar-refractivity contribution < 1.29 is 14.6 Å². The molecule has 3 rings (SSSR count). The Bertz CT molecular complexity index is 563. The van der Waals surface area contributed by atoms with Crippen LogP contribution in [0.4, 0.5) is 0 Å². The monoisotopic (exact) mass is 232 g/mol. The molecule has 1 aliphatic rings. The molecular weight excluding hydrogens is 220 g/mol. The Hall–Kier alpha value is -2.01. The molecule has 5 heteroatoms. The first-order valence-corrected chi connectivity index (χ1v) is 5.31. The highest BCUT2D eigenvalue weighted by atomic mass is 16.7. The van der Waals surface area contributed by atoms with Gasteiger partial charge in [-0.15, -0.1) is 0 Å². The van der Waals surface area contributed by atoms with Crippen molar-refractivity contribution >= 4 is 0 Å². The maximum atomic E-state index is 9.06. The van der Waals surface area contributed by atoms with Crippen molar-refractivity contribution in [1.29, 1.82) is 0 Å². The van der Waals surface area contributed by atoms with E-state index in [1.165, 1.54) is 0 Å². The highest BCUT2D eigenvalue weighted by Crippen LogP contribution is 2.35. The van der Waals surface area contributed by atoms with Gasteiger partial charge in [0, 0.05) is 18.8 Å². The molecule has 0 radical (unpaired) electrons. The van der Waals surface area contributed by atoms with Gasteiger partial charge in [0.2, 0.25) is 6.79 Å². The van der Waals surface area contributed by atoms with Crippen LogP contribution in [0.15, 0.2) is 24.4 Å². The third kappa shape index (κ3) is 1.64. The lowest BCUT2D eigenvalue weighted by Gasteiger charge is -2.02. The number of benzene rings is 1. The summed E-state index contributed by atoms with van der Waals surface area (Å²) >= 11 is 0. The third-order valence-corrected chi connectivity index (χ3v) is 2.72. The Morgan fingerprint density at radius 3 is 2.94 bits per heavy atom. The fourth-order valence-electron chi connectivity index (χ4n) is 1.91. The summed E-state index contributed by atoms with van der Waals surface area (Å²) in [4.78, 5) is 4.34. The van der Waals surface area contributed by atoms with Gasteiger partial charge in [-0.3, -0.25) is 0 Å². The summed E-state index contributed by atoms with van der Waals surface area (Å²) in [6.45, 7) is 0.208. The summed E-state index contributed by atoms with van der Waals surface area (Å²) in [5.41, 5.74) is 1.59. The van der Waals surface area contributed by atoms with Crippen LogP contribution in [-0.2, 0) is 13.7 Å². The van der Waals surface area contributed by atoms with Crippen molar-refractivity contribution in [3.8, 4) is 22.9 Å². The minimum absolute atomic E-state index is 0.0572. The molecule has 2 aromatic rings. The second kappa shape index (κ2) is 3.78. The van der Waals surface area contributed by atoms with E-state index in [1.54, 1.807) is 6.20 Å². The Kier molecular flexibility index (Phi) is 2.26. The molecule has 88 valence electrons. The molecule has 2 heterocycles. The van der Waals surface area contributed by atoms with Gasteiger partial charge in [0.1, 0.15) is 5.82 Å². The third-order valence-electron chi connectivity index (χ3n) is 2.72. The minimum atomic E-state index is -0.0572. The molecule has 0 fully saturated rings. The van der Waals surface area contributed by atoms with E-state index in [1.807, 2.05) is 29.8 Å². The number of imidazole rings is 1. The van der Waals surface area contributed by atoms with Gasteiger partial charge in [0.15, 0.2) is 11.5 Å². The molecule has 17 heavy (non-hydrogen) atoms. The predicted molar refractivity (Wildman–Crippen MR) is 60.7 cm³/mol. The Morgan fingerprint density at radius 2 is 2.18 bits per heavy atom. The highest BCUT2D eigenvalue weighted by molar-refractivity contribution is 5.62. The number of ether oxygens (including phenoxy) is 2. The summed E-state index contributed by atoms with van der Waals surface area (Å²) in [5, 5.41) is 9.06. The molecule has 0 unspecified atom stereocenters. The molecule has 1 aromatic carbocycles. The Labute approximate surface area is 98.2 Å². The lowest BCUT2D eigenvalue weighted by atomic mass is 10.2. The zero-order chi connectivity index (χ0) is 11.8. The predicted octanol–water partition coefficient (Wildman–Crippen LogP) is 1.31. The molecule has 0 atom stereocenters. The fourth-order valence-corrected chi connectivity index (χ4v) is 1.91. The van der Waals surface area contributed by atoms with Crippen LogP contribution >= 0.6 is 0 Å². The SMILES string of the molecule is Cn1cc(CO)nc1-c1ccc2c(c1)OCO2. The van der Waals surface area contributed by atoms with Gasteiger partial charge in [-0.25, -0.2) is 4.98 Å². The molecule has 0 amide bonds. The van der Waals surface area contributed by atoms with Crippen molar-refractivity contribution in [2.75, 3.05) is 6.79 Å². The van der Waals surface area contributed by atoms with Crippen LogP contribution in [0.5, 0.6) is 11.5 Å². The first-order chi connectivity index (χ1) is 8.28. The van der Waals surface area contributed by atoms with Crippen LogP contribution in [0.25, 0.3) is 11.4 Å². The average molecular weight is 232 g/mol. The zero-order valence-corrected chi connectivity index (χ0v) is 9.38.